The SMILES string of the molecule is CC1CN(C(=O)c2cc(=O)[nH]c3ncccc23)Cc2cn[nH]c21. The van der Waals surface area contributed by atoms with E-state index in [-0.39, 0.29) is 17.4 Å². The summed E-state index contributed by atoms with van der Waals surface area (Å²) < 4.78 is 0. The Balaban J connectivity index is 1.77. The van der Waals surface area contributed by atoms with E-state index >= 15 is 0 Å². The summed E-state index contributed by atoms with van der Waals surface area (Å²) in [6, 6.07) is 4.90. The van der Waals surface area contributed by atoms with Crippen LogP contribution >= 0.6 is 0 Å². The van der Waals surface area contributed by atoms with E-state index in [4.69, 9.17) is 0 Å². The van der Waals surface area contributed by atoms with Gasteiger partial charge in [-0.3, -0.25) is 14.7 Å². The smallest absolute Gasteiger partial charge is 0.255 e. The molecule has 4 heterocycles. The number of amides is 1. The molecule has 4 rings (SSSR count). The first-order valence-corrected chi connectivity index (χ1v) is 7.43. The number of hydrogen-bond acceptors (Lipinski definition) is 4. The first-order valence-electron chi connectivity index (χ1n) is 7.43. The van der Waals surface area contributed by atoms with E-state index in [1.165, 1.54) is 6.07 Å². The number of hydrogen-bond donors (Lipinski definition) is 2. The highest BCUT2D eigenvalue weighted by molar-refractivity contribution is 6.05. The number of nitrogens with zero attached hydrogens (tertiary/aromatic N) is 3. The number of rotatable bonds is 1. The molecule has 0 saturated heterocycles. The second-order valence-electron chi connectivity index (χ2n) is 5.84. The third kappa shape index (κ3) is 2.21. The fraction of sp³-hybridized carbons (Fsp3) is 0.250. The van der Waals surface area contributed by atoms with Gasteiger partial charge in [-0.15, -0.1) is 0 Å². The highest BCUT2D eigenvalue weighted by Crippen LogP contribution is 2.27. The number of nitrogens with one attached hydrogen (secondary N) is 2. The summed E-state index contributed by atoms with van der Waals surface area (Å²) in [5.74, 6) is 0.0179. The van der Waals surface area contributed by atoms with Crippen LogP contribution in [0.4, 0.5) is 0 Å². The molecule has 2 N–H and O–H groups in total. The number of carbonyl (C=O) groups excluding carboxylic acids is 1. The maximum Gasteiger partial charge on any atom is 0.255 e. The van der Waals surface area contributed by atoms with Crippen LogP contribution in [0.5, 0.6) is 0 Å². The standard InChI is InChI=1S/C16H15N5O2/c1-9-7-21(8-10-6-18-20-14(9)10)16(23)12-5-13(22)19-15-11(12)3-2-4-17-15/h2-6,9H,7-8H2,1H3,(H,18,20)(H,17,19,22). The van der Waals surface area contributed by atoms with E-state index in [9.17, 15) is 9.59 Å². The van der Waals surface area contributed by atoms with Gasteiger partial charge < -0.3 is 9.88 Å². The molecule has 1 aliphatic heterocycles. The Hall–Kier alpha value is -2.96. The largest absolute Gasteiger partial charge is 0.334 e. The first kappa shape index (κ1) is 13.7. The van der Waals surface area contributed by atoms with Gasteiger partial charge in [0.25, 0.3) is 5.91 Å². The Labute approximate surface area is 131 Å². The molecular weight excluding hydrogens is 294 g/mol. The van der Waals surface area contributed by atoms with Crippen LogP contribution in [-0.4, -0.2) is 37.5 Å². The van der Waals surface area contributed by atoms with Crippen molar-refractivity contribution < 1.29 is 4.79 Å². The maximum atomic E-state index is 13.0. The molecule has 7 nitrogen and oxygen atoms in total. The fourth-order valence-electron chi connectivity index (χ4n) is 3.15. The van der Waals surface area contributed by atoms with Crippen LogP contribution < -0.4 is 5.56 Å². The van der Waals surface area contributed by atoms with Crippen molar-refractivity contribution >= 4 is 16.9 Å². The summed E-state index contributed by atoms with van der Waals surface area (Å²) in [5, 5.41) is 7.70. The van der Waals surface area contributed by atoms with Crippen molar-refractivity contribution in [3.05, 3.63) is 57.8 Å². The van der Waals surface area contributed by atoms with Gasteiger partial charge in [0.15, 0.2) is 0 Å². The Morgan fingerprint density at radius 2 is 2.30 bits per heavy atom. The van der Waals surface area contributed by atoms with Gasteiger partial charge in [-0.1, -0.05) is 6.92 Å². The number of aromatic amines is 2. The summed E-state index contributed by atoms with van der Waals surface area (Å²) in [6.07, 6.45) is 3.34. The lowest BCUT2D eigenvalue weighted by Crippen LogP contribution is -2.37. The molecule has 0 saturated carbocycles. The number of H-pyrrole nitrogens is 2. The summed E-state index contributed by atoms with van der Waals surface area (Å²) in [6.45, 7) is 3.13. The molecule has 1 atom stereocenters. The van der Waals surface area contributed by atoms with Crippen molar-refractivity contribution in [3.63, 3.8) is 0 Å². The van der Waals surface area contributed by atoms with Gasteiger partial charge >= 0.3 is 0 Å². The van der Waals surface area contributed by atoms with Gasteiger partial charge in [0.1, 0.15) is 5.65 Å². The van der Waals surface area contributed by atoms with Crippen molar-refractivity contribution in [2.24, 2.45) is 0 Å². The lowest BCUT2D eigenvalue weighted by Gasteiger charge is -2.30. The third-order valence-corrected chi connectivity index (χ3v) is 4.23. The highest BCUT2D eigenvalue weighted by Gasteiger charge is 2.28. The van der Waals surface area contributed by atoms with Crippen molar-refractivity contribution in [3.8, 4) is 0 Å². The van der Waals surface area contributed by atoms with Crippen LogP contribution in [0.2, 0.25) is 0 Å². The zero-order chi connectivity index (χ0) is 16.0. The number of pyridine rings is 2. The molecule has 0 aromatic carbocycles. The summed E-state index contributed by atoms with van der Waals surface area (Å²) in [5.41, 5.74) is 2.58. The molecule has 3 aromatic rings. The van der Waals surface area contributed by atoms with Crippen LogP contribution in [0.25, 0.3) is 11.0 Å². The minimum absolute atomic E-state index is 0.159. The van der Waals surface area contributed by atoms with Gasteiger partial charge in [0, 0.05) is 47.9 Å². The van der Waals surface area contributed by atoms with Crippen LogP contribution in [0.15, 0.2) is 35.4 Å². The lowest BCUT2D eigenvalue weighted by atomic mass is 9.97. The molecule has 3 aromatic heterocycles. The van der Waals surface area contributed by atoms with Crippen molar-refractivity contribution in [1.29, 1.82) is 0 Å². The molecule has 0 fully saturated rings. The molecule has 0 radical (unpaired) electrons. The van der Waals surface area contributed by atoms with Crippen LogP contribution in [0.1, 0.15) is 34.5 Å². The molecule has 23 heavy (non-hydrogen) atoms. The van der Waals surface area contributed by atoms with Crippen LogP contribution in [0.3, 0.4) is 0 Å². The first-order chi connectivity index (χ1) is 11.1. The van der Waals surface area contributed by atoms with Crippen molar-refractivity contribution in [2.75, 3.05) is 6.54 Å². The Morgan fingerprint density at radius 3 is 3.17 bits per heavy atom. The predicted molar refractivity (Wildman–Crippen MR) is 84.1 cm³/mol. The van der Waals surface area contributed by atoms with Crippen molar-refractivity contribution in [2.45, 2.75) is 19.4 Å². The van der Waals surface area contributed by atoms with Gasteiger partial charge in [0.2, 0.25) is 5.56 Å². The predicted octanol–water partition coefficient (Wildman–Crippen LogP) is 1.41. The van der Waals surface area contributed by atoms with E-state index in [1.807, 2.05) is 6.92 Å². The Kier molecular flexibility index (Phi) is 3.00. The quantitative estimate of drug-likeness (QED) is 0.710. The average molecular weight is 309 g/mol. The van der Waals surface area contributed by atoms with Gasteiger partial charge in [0.05, 0.1) is 11.8 Å². The topological polar surface area (TPSA) is 94.7 Å². The molecule has 116 valence electrons. The normalized spacial score (nSPS) is 17.3. The van der Waals surface area contributed by atoms with Crippen LogP contribution in [-0.2, 0) is 6.54 Å². The zero-order valence-corrected chi connectivity index (χ0v) is 12.5. The molecule has 7 heteroatoms. The number of fused-ring (bicyclic) bond motifs is 2. The summed E-state index contributed by atoms with van der Waals surface area (Å²) in [7, 11) is 0. The molecule has 0 bridgehead atoms. The lowest BCUT2D eigenvalue weighted by molar-refractivity contribution is 0.0722. The van der Waals surface area contributed by atoms with Gasteiger partial charge in [-0.25, -0.2) is 4.98 Å². The van der Waals surface area contributed by atoms with Crippen LogP contribution in [0, 0.1) is 0 Å². The summed E-state index contributed by atoms with van der Waals surface area (Å²) in [4.78, 5) is 33.3. The summed E-state index contributed by atoms with van der Waals surface area (Å²) >= 11 is 0. The van der Waals surface area contributed by atoms with E-state index in [0.29, 0.717) is 29.7 Å². The molecule has 1 aliphatic rings. The zero-order valence-electron chi connectivity index (χ0n) is 12.5. The molecular formula is C16H15N5O2. The maximum absolute atomic E-state index is 13.0. The van der Waals surface area contributed by atoms with Gasteiger partial charge in [-0.2, -0.15) is 5.10 Å². The Morgan fingerprint density at radius 1 is 1.43 bits per heavy atom. The van der Waals surface area contributed by atoms with E-state index in [0.717, 1.165) is 11.3 Å². The molecule has 0 spiro atoms. The highest BCUT2D eigenvalue weighted by atomic mass is 16.2. The monoisotopic (exact) mass is 309 g/mol. The van der Waals surface area contributed by atoms with E-state index < -0.39 is 0 Å². The number of aromatic nitrogens is 4. The minimum Gasteiger partial charge on any atom is -0.334 e. The Bertz CT molecular complexity index is 958. The average Bonchev–Trinajstić information content (AvgIpc) is 3.02. The molecule has 1 unspecified atom stereocenters. The fourth-order valence-corrected chi connectivity index (χ4v) is 3.15. The molecule has 0 aliphatic carbocycles. The van der Waals surface area contributed by atoms with E-state index in [2.05, 4.69) is 20.2 Å². The van der Waals surface area contributed by atoms with Gasteiger partial charge in [-0.05, 0) is 12.1 Å². The second-order valence-corrected chi connectivity index (χ2v) is 5.84. The van der Waals surface area contributed by atoms with Crippen molar-refractivity contribution in [1.82, 2.24) is 25.1 Å². The second kappa shape index (κ2) is 5.05. The number of carbonyl (C=O) groups is 1. The van der Waals surface area contributed by atoms with E-state index in [1.54, 1.807) is 29.4 Å². The molecule has 1 amide bonds. The third-order valence-electron chi connectivity index (χ3n) is 4.23. The minimum atomic E-state index is -0.325.